The Morgan fingerprint density at radius 1 is 1.22 bits per heavy atom. The largest absolute Gasteiger partial charge is 0.506 e. The summed E-state index contributed by atoms with van der Waals surface area (Å²) in [6.07, 6.45) is 6.19. The third-order valence-electron chi connectivity index (χ3n) is 6.89. The minimum Gasteiger partial charge on any atom is -0.506 e. The maximum atomic E-state index is 13.1. The first-order valence-corrected chi connectivity index (χ1v) is 11.4. The number of hydrogen-bond donors (Lipinski definition) is 2. The predicted octanol–water partition coefficient (Wildman–Crippen LogP) is 4.31. The highest BCUT2D eigenvalue weighted by Crippen LogP contribution is 2.45. The number of nitrogens with zero attached hydrogens (tertiary/aromatic N) is 2. The minimum atomic E-state index is -0.0645. The predicted molar refractivity (Wildman–Crippen MR) is 125 cm³/mol. The number of pyridine rings is 1. The van der Waals surface area contributed by atoms with Gasteiger partial charge in [0.15, 0.2) is 0 Å². The molecule has 5 rings (SSSR count). The first kappa shape index (κ1) is 21.0. The number of nitrogens with one attached hydrogen (secondary N) is 1. The highest BCUT2D eigenvalue weighted by molar-refractivity contribution is 6.32. The number of aromatic nitrogens is 1. The maximum Gasteiger partial charge on any atom is 0.251 e. The summed E-state index contributed by atoms with van der Waals surface area (Å²) in [5, 5.41) is 13.8. The van der Waals surface area contributed by atoms with Crippen LogP contribution >= 0.6 is 11.6 Å². The van der Waals surface area contributed by atoms with Crippen LogP contribution in [0.3, 0.4) is 0 Å². The van der Waals surface area contributed by atoms with Crippen LogP contribution in [-0.4, -0.2) is 40.5 Å². The first-order chi connectivity index (χ1) is 15.5. The molecule has 1 aliphatic carbocycles. The van der Waals surface area contributed by atoms with Gasteiger partial charge in [-0.2, -0.15) is 0 Å². The number of hydrogen-bond acceptors (Lipinski definition) is 4. The summed E-state index contributed by atoms with van der Waals surface area (Å²) in [5.41, 5.74) is 6.27. The van der Waals surface area contributed by atoms with E-state index in [1.165, 1.54) is 11.1 Å². The summed E-state index contributed by atoms with van der Waals surface area (Å²) >= 11 is 6.24. The van der Waals surface area contributed by atoms with Gasteiger partial charge in [0.05, 0.1) is 5.02 Å². The van der Waals surface area contributed by atoms with Gasteiger partial charge in [0.1, 0.15) is 5.75 Å². The summed E-state index contributed by atoms with van der Waals surface area (Å²) < 4.78 is 0. The Kier molecular flexibility index (Phi) is 5.62. The van der Waals surface area contributed by atoms with Crippen molar-refractivity contribution in [3.63, 3.8) is 0 Å². The zero-order chi connectivity index (χ0) is 22.2. The molecule has 6 heteroatoms. The number of phenolic OH excluding ortho intramolecular Hbond substituents is 1. The van der Waals surface area contributed by atoms with Gasteiger partial charge in [-0.3, -0.25) is 9.78 Å². The van der Waals surface area contributed by atoms with Crippen LogP contribution < -0.4 is 5.32 Å². The van der Waals surface area contributed by atoms with Gasteiger partial charge in [0.2, 0.25) is 0 Å². The van der Waals surface area contributed by atoms with Gasteiger partial charge in [0.25, 0.3) is 5.91 Å². The molecule has 0 fully saturated rings. The van der Waals surface area contributed by atoms with E-state index in [9.17, 15) is 9.90 Å². The van der Waals surface area contributed by atoms with Gasteiger partial charge in [-0.15, -0.1) is 0 Å². The lowest BCUT2D eigenvalue weighted by molar-refractivity contribution is 0.0949. The van der Waals surface area contributed by atoms with E-state index in [0.29, 0.717) is 17.6 Å². The summed E-state index contributed by atoms with van der Waals surface area (Å²) in [5.74, 6) is 0.145. The quantitative estimate of drug-likeness (QED) is 0.628. The van der Waals surface area contributed by atoms with Crippen LogP contribution in [0.1, 0.15) is 50.5 Å². The SMILES string of the molecule is CN1CCc2cc(Cl)c(O)cc2[C@H]2c3cccc(C(=O)NCc4cccnc4)c3CC[C@@H]21. The van der Waals surface area contributed by atoms with Gasteiger partial charge in [0, 0.05) is 43.0 Å². The number of amides is 1. The van der Waals surface area contributed by atoms with Crippen LogP contribution in [0.5, 0.6) is 5.75 Å². The smallest absolute Gasteiger partial charge is 0.251 e. The lowest BCUT2D eigenvalue weighted by atomic mass is 9.73. The first-order valence-electron chi connectivity index (χ1n) is 11.0. The van der Waals surface area contributed by atoms with Crippen molar-refractivity contribution < 1.29 is 9.90 Å². The van der Waals surface area contributed by atoms with Crippen molar-refractivity contribution in [2.75, 3.05) is 13.6 Å². The van der Waals surface area contributed by atoms with E-state index in [1.54, 1.807) is 12.4 Å². The molecule has 2 N–H and O–H groups in total. The van der Waals surface area contributed by atoms with Crippen LogP contribution in [0, 0.1) is 0 Å². The second-order valence-corrected chi connectivity index (χ2v) is 9.14. The molecule has 0 saturated heterocycles. The Hall–Kier alpha value is -2.89. The molecule has 3 aromatic rings. The molecule has 0 unspecified atom stereocenters. The summed E-state index contributed by atoms with van der Waals surface area (Å²) in [6, 6.07) is 13.9. The van der Waals surface area contributed by atoms with Crippen LogP contribution in [-0.2, 0) is 19.4 Å². The molecular formula is C26H26ClN3O2. The van der Waals surface area contributed by atoms with Crippen LogP contribution in [0.2, 0.25) is 5.02 Å². The van der Waals surface area contributed by atoms with E-state index in [-0.39, 0.29) is 17.6 Å². The fourth-order valence-corrected chi connectivity index (χ4v) is 5.46. The number of fused-ring (bicyclic) bond motifs is 5. The lowest BCUT2D eigenvalue weighted by Gasteiger charge is -2.38. The Balaban J connectivity index is 1.53. The molecule has 2 heterocycles. The topological polar surface area (TPSA) is 65.5 Å². The standard InChI is InChI=1S/C26H26ClN3O2/c1-30-11-9-17-12-22(27)24(31)13-21(17)25-19-5-2-6-20(18(19)7-8-23(25)30)26(32)29-15-16-4-3-10-28-14-16/h2-6,10,12-14,23,25,31H,7-9,11,15H2,1H3,(H,29,32)/t23-,25+/m0/s1. The average Bonchev–Trinajstić information content (AvgIpc) is 2.95. The van der Waals surface area contributed by atoms with Gasteiger partial charge in [-0.1, -0.05) is 29.8 Å². The summed E-state index contributed by atoms with van der Waals surface area (Å²) in [7, 11) is 2.17. The maximum absolute atomic E-state index is 13.1. The molecule has 2 aliphatic rings. The molecule has 0 radical (unpaired) electrons. The Morgan fingerprint density at radius 2 is 2.09 bits per heavy atom. The molecule has 0 spiro atoms. The second kappa shape index (κ2) is 8.57. The van der Waals surface area contributed by atoms with E-state index in [4.69, 9.17) is 11.6 Å². The van der Waals surface area contributed by atoms with Crippen molar-refractivity contribution in [2.45, 2.75) is 37.8 Å². The molecule has 32 heavy (non-hydrogen) atoms. The Labute approximate surface area is 193 Å². The molecule has 1 aliphatic heterocycles. The zero-order valence-corrected chi connectivity index (χ0v) is 18.8. The Bertz CT molecular complexity index is 1170. The van der Waals surface area contributed by atoms with E-state index < -0.39 is 0 Å². The van der Waals surface area contributed by atoms with Crippen molar-refractivity contribution >= 4 is 17.5 Å². The molecule has 164 valence electrons. The fourth-order valence-electron chi connectivity index (χ4n) is 5.27. The zero-order valence-electron chi connectivity index (χ0n) is 18.0. The lowest BCUT2D eigenvalue weighted by Crippen LogP contribution is -2.40. The van der Waals surface area contributed by atoms with E-state index >= 15 is 0 Å². The number of halogens is 1. The minimum absolute atomic E-state index is 0.0645. The second-order valence-electron chi connectivity index (χ2n) is 8.73. The summed E-state index contributed by atoms with van der Waals surface area (Å²) in [4.78, 5) is 19.7. The molecule has 0 bridgehead atoms. The van der Waals surface area contributed by atoms with Gasteiger partial charge < -0.3 is 15.3 Å². The third-order valence-corrected chi connectivity index (χ3v) is 7.19. The molecule has 2 aromatic carbocycles. The number of likely N-dealkylation sites (N-methyl/N-ethyl adjacent to an activating group) is 1. The molecule has 1 amide bonds. The van der Waals surface area contributed by atoms with E-state index in [0.717, 1.165) is 48.1 Å². The van der Waals surface area contributed by atoms with Crippen molar-refractivity contribution in [2.24, 2.45) is 0 Å². The number of carbonyl (C=O) groups is 1. The molecular weight excluding hydrogens is 422 g/mol. The number of rotatable bonds is 3. The highest BCUT2D eigenvalue weighted by atomic mass is 35.5. The van der Waals surface area contributed by atoms with Crippen LogP contribution in [0.15, 0.2) is 54.9 Å². The number of carbonyl (C=O) groups excluding carboxylic acids is 1. The third kappa shape index (κ3) is 3.76. The number of benzene rings is 2. The van der Waals surface area contributed by atoms with Crippen molar-refractivity contribution in [1.29, 1.82) is 0 Å². The molecule has 5 nitrogen and oxygen atoms in total. The van der Waals surface area contributed by atoms with Crippen LogP contribution in [0.25, 0.3) is 0 Å². The van der Waals surface area contributed by atoms with Crippen molar-refractivity contribution in [3.05, 3.63) is 93.3 Å². The summed E-state index contributed by atoms with van der Waals surface area (Å²) in [6.45, 7) is 1.39. The average molecular weight is 448 g/mol. The van der Waals surface area contributed by atoms with Gasteiger partial charge >= 0.3 is 0 Å². The van der Waals surface area contributed by atoms with Crippen molar-refractivity contribution in [1.82, 2.24) is 15.2 Å². The molecule has 1 aromatic heterocycles. The monoisotopic (exact) mass is 447 g/mol. The van der Waals surface area contributed by atoms with E-state index in [1.807, 2.05) is 36.4 Å². The molecule has 0 saturated carbocycles. The highest BCUT2D eigenvalue weighted by Gasteiger charge is 2.38. The van der Waals surface area contributed by atoms with E-state index in [2.05, 4.69) is 28.3 Å². The number of aromatic hydroxyl groups is 1. The van der Waals surface area contributed by atoms with Gasteiger partial charge in [-0.05, 0) is 78.4 Å². The van der Waals surface area contributed by atoms with Gasteiger partial charge in [-0.25, -0.2) is 0 Å². The molecule has 2 atom stereocenters. The number of phenols is 1. The van der Waals surface area contributed by atoms with Crippen molar-refractivity contribution in [3.8, 4) is 5.75 Å². The Morgan fingerprint density at radius 3 is 2.91 bits per heavy atom. The fraction of sp³-hybridized carbons (Fsp3) is 0.308. The normalized spacial score (nSPS) is 19.9. The van der Waals surface area contributed by atoms with Crippen LogP contribution in [0.4, 0.5) is 0 Å².